The van der Waals surface area contributed by atoms with Crippen molar-refractivity contribution in [2.45, 2.75) is 57.2 Å². The molecule has 2 atom stereocenters. The lowest BCUT2D eigenvalue weighted by Gasteiger charge is -2.36. The smallest absolute Gasteiger partial charge is 0.306 e. The highest BCUT2D eigenvalue weighted by Crippen LogP contribution is 2.18. The second-order valence-electron chi connectivity index (χ2n) is 5.75. The molecule has 2 aliphatic rings. The highest BCUT2D eigenvalue weighted by atomic mass is 16.5. The summed E-state index contributed by atoms with van der Waals surface area (Å²) < 4.78 is 5.43. The van der Waals surface area contributed by atoms with Gasteiger partial charge < -0.3 is 15.2 Å². The first kappa shape index (κ1) is 15.3. The van der Waals surface area contributed by atoms with Crippen LogP contribution in [0.1, 0.15) is 39.0 Å². The molecule has 0 spiro atoms. The van der Waals surface area contributed by atoms with E-state index >= 15 is 0 Å². The first-order valence-electron chi connectivity index (χ1n) is 7.44. The zero-order chi connectivity index (χ0) is 14.5. The van der Waals surface area contributed by atoms with E-state index in [4.69, 9.17) is 9.84 Å². The van der Waals surface area contributed by atoms with Gasteiger partial charge in [0.15, 0.2) is 0 Å². The molecule has 1 saturated heterocycles. The largest absolute Gasteiger partial charge is 0.481 e. The van der Waals surface area contributed by atoms with Gasteiger partial charge in [0.05, 0.1) is 25.2 Å². The zero-order valence-electron chi connectivity index (χ0n) is 12.0. The van der Waals surface area contributed by atoms with Gasteiger partial charge in [-0.15, -0.1) is 0 Å². The van der Waals surface area contributed by atoms with Crippen LogP contribution in [0.25, 0.3) is 0 Å². The van der Waals surface area contributed by atoms with Gasteiger partial charge in [0, 0.05) is 19.1 Å². The van der Waals surface area contributed by atoms with Crippen molar-refractivity contribution in [2.24, 2.45) is 0 Å². The van der Waals surface area contributed by atoms with Crippen LogP contribution < -0.4 is 5.32 Å². The molecule has 0 radical (unpaired) electrons. The van der Waals surface area contributed by atoms with E-state index in [0.717, 1.165) is 12.8 Å². The summed E-state index contributed by atoms with van der Waals surface area (Å²) in [5.41, 5.74) is 0. The molecule has 0 aromatic rings. The average molecular weight is 284 g/mol. The standard InChI is InChI=1S/C14H24N2O4/c1-10(14(19)15-11-4-2-3-5-11)16-6-7-20-12(9-16)8-13(17)18/h10-12H,2-9H2,1H3,(H,15,19)(H,17,18). The lowest BCUT2D eigenvalue weighted by atomic mass is 10.1. The van der Waals surface area contributed by atoms with Gasteiger partial charge in [-0.3, -0.25) is 14.5 Å². The maximum Gasteiger partial charge on any atom is 0.306 e. The monoisotopic (exact) mass is 284 g/mol. The van der Waals surface area contributed by atoms with Crippen molar-refractivity contribution in [3.05, 3.63) is 0 Å². The van der Waals surface area contributed by atoms with Crippen LogP contribution in [0.5, 0.6) is 0 Å². The number of nitrogens with one attached hydrogen (secondary N) is 1. The SMILES string of the molecule is CC(C(=O)NC1CCCC1)N1CCOC(CC(=O)O)C1. The molecule has 114 valence electrons. The van der Waals surface area contributed by atoms with Crippen molar-refractivity contribution in [2.75, 3.05) is 19.7 Å². The Labute approximate surface area is 119 Å². The molecule has 2 rings (SSSR count). The van der Waals surface area contributed by atoms with Gasteiger partial charge in [-0.1, -0.05) is 12.8 Å². The minimum atomic E-state index is -0.861. The summed E-state index contributed by atoms with van der Waals surface area (Å²) in [5, 5.41) is 11.9. The molecule has 1 amide bonds. The van der Waals surface area contributed by atoms with E-state index in [2.05, 4.69) is 5.32 Å². The van der Waals surface area contributed by atoms with Crippen molar-refractivity contribution in [1.29, 1.82) is 0 Å². The van der Waals surface area contributed by atoms with Crippen LogP contribution in [-0.2, 0) is 14.3 Å². The number of rotatable bonds is 5. The number of carboxylic acid groups (broad SMARTS) is 1. The Balaban J connectivity index is 1.82. The topological polar surface area (TPSA) is 78.9 Å². The molecule has 1 aliphatic heterocycles. The molecule has 0 bridgehead atoms. The lowest BCUT2D eigenvalue weighted by molar-refractivity contribution is -0.143. The van der Waals surface area contributed by atoms with Crippen molar-refractivity contribution in [3.8, 4) is 0 Å². The number of hydrogen-bond acceptors (Lipinski definition) is 4. The third-order valence-corrected chi connectivity index (χ3v) is 4.20. The van der Waals surface area contributed by atoms with Crippen LogP contribution in [0.3, 0.4) is 0 Å². The van der Waals surface area contributed by atoms with Crippen molar-refractivity contribution >= 4 is 11.9 Å². The fourth-order valence-electron chi connectivity index (χ4n) is 2.97. The van der Waals surface area contributed by atoms with Crippen LogP contribution in [0.2, 0.25) is 0 Å². The summed E-state index contributed by atoms with van der Waals surface area (Å²) in [7, 11) is 0. The Morgan fingerprint density at radius 3 is 2.75 bits per heavy atom. The van der Waals surface area contributed by atoms with E-state index in [9.17, 15) is 9.59 Å². The van der Waals surface area contributed by atoms with Crippen molar-refractivity contribution in [1.82, 2.24) is 10.2 Å². The highest BCUT2D eigenvalue weighted by molar-refractivity contribution is 5.81. The summed E-state index contributed by atoms with van der Waals surface area (Å²) >= 11 is 0. The Kier molecular flexibility index (Phi) is 5.37. The number of nitrogens with zero attached hydrogens (tertiary/aromatic N) is 1. The third kappa shape index (κ3) is 4.18. The van der Waals surface area contributed by atoms with Gasteiger partial charge in [-0.05, 0) is 19.8 Å². The summed E-state index contributed by atoms with van der Waals surface area (Å²) in [6.07, 6.45) is 4.21. The molecular formula is C14H24N2O4. The summed E-state index contributed by atoms with van der Waals surface area (Å²) in [4.78, 5) is 25.0. The average Bonchev–Trinajstić information content (AvgIpc) is 2.90. The van der Waals surface area contributed by atoms with Gasteiger partial charge in [0.2, 0.25) is 5.91 Å². The van der Waals surface area contributed by atoms with E-state index in [1.54, 1.807) is 0 Å². The molecule has 6 heteroatoms. The first-order chi connectivity index (χ1) is 9.56. The summed E-state index contributed by atoms with van der Waals surface area (Å²) in [5.74, 6) is -0.812. The molecule has 0 aromatic heterocycles. The molecule has 2 fully saturated rings. The van der Waals surface area contributed by atoms with Crippen LogP contribution in [0.4, 0.5) is 0 Å². The van der Waals surface area contributed by atoms with Gasteiger partial charge >= 0.3 is 5.97 Å². The van der Waals surface area contributed by atoms with E-state index in [1.165, 1.54) is 12.8 Å². The highest BCUT2D eigenvalue weighted by Gasteiger charge is 2.30. The molecule has 2 N–H and O–H groups in total. The molecule has 1 heterocycles. The number of ether oxygens (including phenoxy) is 1. The summed E-state index contributed by atoms with van der Waals surface area (Å²) in [6, 6.07) is 0.0941. The molecular weight excluding hydrogens is 260 g/mol. The number of morpholine rings is 1. The van der Waals surface area contributed by atoms with Gasteiger partial charge in [-0.25, -0.2) is 0 Å². The van der Waals surface area contributed by atoms with Crippen LogP contribution in [0, 0.1) is 0 Å². The van der Waals surface area contributed by atoms with E-state index < -0.39 is 5.97 Å². The predicted octanol–water partition coefficient (Wildman–Crippen LogP) is 0.609. The van der Waals surface area contributed by atoms with Gasteiger partial charge in [0.1, 0.15) is 0 Å². The molecule has 2 unspecified atom stereocenters. The van der Waals surface area contributed by atoms with E-state index in [1.807, 2.05) is 11.8 Å². The Morgan fingerprint density at radius 2 is 2.10 bits per heavy atom. The lowest BCUT2D eigenvalue weighted by Crippen LogP contribution is -2.53. The molecule has 0 aromatic carbocycles. The third-order valence-electron chi connectivity index (χ3n) is 4.20. The number of aliphatic carboxylic acids is 1. The number of carbonyl (C=O) groups excluding carboxylic acids is 1. The number of carboxylic acids is 1. The number of amides is 1. The van der Waals surface area contributed by atoms with Crippen molar-refractivity contribution < 1.29 is 19.4 Å². The maximum absolute atomic E-state index is 12.2. The van der Waals surface area contributed by atoms with Crippen LogP contribution in [0.15, 0.2) is 0 Å². The quantitative estimate of drug-likeness (QED) is 0.773. The van der Waals surface area contributed by atoms with Crippen LogP contribution >= 0.6 is 0 Å². The predicted molar refractivity (Wildman–Crippen MR) is 73.4 cm³/mol. The van der Waals surface area contributed by atoms with Crippen molar-refractivity contribution in [3.63, 3.8) is 0 Å². The minimum Gasteiger partial charge on any atom is -0.481 e. The number of carbonyl (C=O) groups is 2. The molecule has 1 aliphatic carbocycles. The fraction of sp³-hybridized carbons (Fsp3) is 0.857. The Bertz CT molecular complexity index is 355. The minimum absolute atomic E-state index is 0.00648. The van der Waals surface area contributed by atoms with E-state index in [-0.39, 0.29) is 24.5 Å². The zero-order valence-corrected chi connectivity index (χ0v) is 12.0. The van der Waals surface area contributed by atoms with Gasteiger partial charge in [-0.2, -0.15) is 0 Å². The normalized spacial score (nSPS) is 26.4. The summed E-state index contributed by atoms with van der Waals surface area (Å²) in [6.45, 7) is 3.55. The maximum atomic E-state index is 12.2. The van der Waals surface area contributed by atoms with Gasteiger partial charge in [0.25, 0.3) is 0 Å². The Hall–Kier alpha value is -1.14. The molecule has 1 saturated carbocycles. The number of hydrogen-bond donors (Lipinski definition) is 2. The Morgan fingerprint density at radius 1 is 1.40 bits per heavy atom. The second kappa shape index (κ2) is 7.04. The second-order valence-corrected chi connectivity index (χ2v) is 5.75. The van der Waals surface area contributed by atoms with Crippen LogP contribution in [-0.4, -0.2) is 59.8 Å². The fourth-order valence-corrected chi connectivity index (χ4v) is 2.97. The molecule has 6 nitrogen and oxygen atoms in total. The molecule has 20 heavy (non-hydrogen) atoms. The first-order valence-corrected chi connectivity index (χ1v) is 7.44. The van der Waals surface area contributed by atoms with E-state index in [0.29, 0.717) is 25.7 Å².